The number of benzene rings is 1. The van der Waals surface area contributed by atoms with Crippen molar-refractivity contribution in [2.45, 2.75) is 31.1 Å². The molecule has 0 saturated heterocycles. The lowest BCUT2D eigenvalue weighted by molar-refractivity contribution is -0.869. The molecule has 4 N–H and O–H groups in total. The highest BCUT2D eigenvalue weighted by Crippen LogP contribution is 2.36. The summed E-state index contributed by atoms with van der Waals surface area (Å²) in [6, 6.07) is 5.38. The number of halogens is 4. The van der Waals surface area contributed by atoms with Crippen molar-refractivity contribution < 1.29 is 32.3 Å². The van der Waals surface area contributed by atoms with Gasteiger partial charge in [0.2, 0.25) is 0 Å². The highest BCUT2D eigenvalue weighted by molar-refractivity contribution is 6.34. The first-order valence-corrected chi connectivity index (χ1v) is 13.6. The lowest BCUT2D eigenvalue weighted by Crippen LogP contribution is -2.54. The van der Waals surface area contributed by atoms with Crippen molar-refractivity contribution in [3.63, 3.8) is 0 Å². The molecule has 43 heavy (non-hydrogen) atoms. The van der Waals surface area contributed by atoms with Crippen LogP contribution in [-0.4, -0.2) is 87.7 Å². The maximum Gasteiger partial charge on any atom is 0.433 e. The summed E-state index contributed by atoms with van der Waals surface area (Å²) in [6.07, 6.45) is 2.53. The molecule has 1 aliphatic carbocycles. The number of fused-ring (bicyclic) bond motifs is 1. The molecular weight excluding hydrogens is 591 g/mol. The van der Waals surface area contributed by atoms with E-state index in [1.54, 1.807) is 18.2 Å². The van der Waals surface area contributed by atoms with Crippen LogP contribution in [0.3, 0.4) is 0 Å². The number of carbonyl (C=O) groups excluding carboxylic acids is 2. The van der Waals surface area contributed by atoms with Crippen molar-refractivity contribution in [1.29, 1.82) is 0 Å². The average molecular weight is 622 g/mol. The number of hydrogen-bond acceptors (Lipinski definition) is 8. The number of carbonyl (C=O) groups is 2. The van der Waals surface area contributed by atoms with Crippen molar-refractivity contribution in [3.8, 4) is 11.3 Å². The Hall–Kier alpha value is -4.21. The second kappa shape index (κ2) is 13.0. The number of imidazole rings is 1. The number of nitrogens with zero attached hydrogens (tertiary/aromatic N) is 5. The highest BCUT2D eigenvalue weighted by atomic mass is 35.5. The highest BCUT2D eigenvalue weighted by Gasteiger charge is 2.37. The van der Waals surface area contributed by atoms with Crippen LogP contribution in [0.25, 0.3) is 16.9 Å². The number of aromatic nitrogens is 5. The van der Waals surface area contributed by atoms with E-state index in [0.29, 0.717) is 28.8 Å². The zero-order chi connectivity index (χ0) is 31.4. The van der Waals surface area contributed by atoms with Gasteiger partial charge in [-0.25, -0.2) is 9.97 Å². The second-order valence-electron chi connectivity index (χ2n) is 11.0. The van der Waals surface area contributed by atoms with Crippen LogP contribution in [-0.2, 0) is 11.0 Å². The summed E-state index contributed by atoms with van der Waals surface area (Å²) >= 11 is 6.45. The molecular formula is C27H31ClF3N9O3. The van der Waals surface area contributed by atoms with Crippen LogP contribution in [0.1, 0.15) is 28.9 Å². The number of amides is 1. The predicted octanol–water partition coefficient (Wildman–Crippen LogP) is 2.46. The van der Waals surface area contributed by atoms with E-state index in [0.717, 1.165) is 36.6 Å². The number of carboxylic acid groups (broad SMARTS) is 1. The molecule has 1 fully saturated rings. The van der Waals surface area contributed by atoms with Crippen LogP contribution in [0, 0.1) is 0 Å². The third kappa shape index (κ3) is 7.80. The van der Waals surface area contributed by atoms with Crippen molar-refractivity contribution >= 4 is 41.1 Å². The number of hydrogen-bond donors (Lipinski definition) is 4. The van der Waals surface area contributed by atoms with Crippen LogP contribution in [0.5, 0.6) is 0 Å². The Bertz CT molecular complexity index is 1580. The number of alkyl halides is 3. The van der Waals surface area contributed by atoms with Gasteiger partial charge < -0.3 is 30.3 Å². The Morgan fingerprint density at radius 1 is 1.21 bits per heavy atom. The molecule has 1 aliphatic rings. The maximum absolute atomic E-state index is 13.4. The molecule has 0 spiro atoms. The van der Waals surface area contributed by atoms with Crippen molar-refractivity contribution in [1.82, 2.24) is 35.2 Å². The normalized spacial score (nSPS) is 16.6. The van der Waals surface area contributed by atoms with E-state index >= 15 is 0 Å². The van der Waals surface area contributed by atoms with Crippen molar-refractivity contribution in [2.24, 2.45) is 0 Å². The maximum atomic E-state index is 13.4. The molecule has 16 heteroatoms. The Morgan fingerprint density at radius 3 is 2.58 bits per heavy atom. The molecule has 3 aromatic heterocycles. The SMILES string of the molecule is C[N+](C)(C)CCNC1CC(NC(=O)c2ccc(Nc3nccn4c(-c5cn[nH]c5C(F)(F)F)cnc34)cc2Cl)C1.O=C[O-]. The molecule has 12 nitrogen and oxygen atoms in total. The summed E-state index contributed by atoms with van der Waals surface area (Å²) in [6.45, 7) is 1.45. The van der Waals surface area contributed by atoms with Gasteiger partial charge in [-0.2, -0.15) is 18.3 Å². The molecule has 5 rings (SSSR count). The van der Waals surface area contributed by atoms with E-state index in [1.165, 1.54) is 23.0 Å². The molecule has 0 unspecified atom stereocenters. The summed E-state index contributed by atoms with van der Waals surface area (Å²) in [7, 11) is 6.46. The van der Waals surface area contributed by atoms with E-state index in [1.807, 2.05) is 5.10 Å². The van der Waals surface area contributed by atoms with Crippen LogP contribution in [0.15, 0.2) is 43.0 Å². The molecule has 4 aromatic rings. The van der Waals surface area contributed by atoms with E-state index in [-0.39, 0.29) is 28.2 Å². The molecule has 0 aliphatic heterocycles. The summed E-state index contributed by atoms with van der Waals surface area (Å²) < 4.78 is 42.5. The summed E-state index contributed by atoms with van der Waals surface area (Å²) in [5, 5.41) is 23.7. The fraction of sp³-hybridized carbons (Fsp3) is 0.370. The number of likely N-dealkylation sites (N-methyl/N-ethyl adjacent to an activating group) is 1. The van der Waals surface area contributed by atoms with Gasteiger partial charge in [-0.15, -0.1) is 0 Å². The molecule has 230 valence electrons. The number of aromatic amines is 1. The van der Waals surface area contributed by atoms with Crippen LogP contribution < -0.4 is 21.1 Å². The number of H-pyrrole nitrogens is 1. The smallest absolute Gasteiger partial charge is 0.433 e. The zero-order valence-corrected chi connectivity index (χ0v) is 24.3. The van der Waals surface area contributed by atoms with Crippen LogP contribution in [0.4, 0.5) is 24.7 Å². The average Bonchev–Trinajstić information content (AvgIpc) is 3.55. The monoisotopic (exact) mass is 621 g/mol. The number of nitrogens with one attached hydrogen (secondary N) is 4. The lowest BCUT2D eigenvalue weighted by Gasteiger charge is -2.37. The minimum Gasteiger partial charge on any atom is -0.554 e. The molecule has 3 heterocycles. The van der Waals surface area contributed by atoms with Crippen molar-refractivity contribution in [3.05, 3.63) is 59.3 Å². The van der Waals surface area contributed by atoms with Gasteiger partial charge in [0.1, 0.15) is 5.69 Å². The van der Waals surface area contributed by atoms with Gasteiger partial charge in [0.15, 0.2) is 11.5 Å². The summed E-state index contributed by atoms with van der Waals surface area (Å²) in [5.74, 6) is 0.0578. The zero-order valence-electron chi connectivity index (χ0n) is 23.6. The molecule has 1 aromatic carbocycles. The van der Waals surface area contributed by atoms with E-state index in [2.05, 4.69) is 52.2 Å². The minimum atomic E-state index is -4.60. The molecule has 0 radical (unpaired) electrons. The standard InChI is InChI=1S/C26H29ClF3N9O.CH2O2/c1-39(2,3)9-7-31-16-10-17(11-16)36-25(40)18-5-4-15(12-20(18)27)35-23-24-33-14-21(38(24)8-6-32-23)19-13-34-37-22(19)26(28,29)30;2-1-3/h4-6,8,12-14,16-17,31H,7,9-11H2,1-3H3,(H2-,32,34,35,36,37,40);1H,(H,2,3). The van der Waals surface area contributed by atoms with Gasteiger partial charge in [-0.05, 0) is 31.0 Å². The Labute approximate surface area is 249 Å². The quantitative estimate of drug-likeness (QED) is 0.164. The number of anilines is 2. The number of rotatable bonds is 9. The molecule has 1 amide bonds. The van der Waals surface area contributed by atoms with Crippen LogP contribution in [0.2, 0.25) is 5.02 Å². The van der Waals surface area contributed by atoms with Gasteiger partial charge in [0.25, 0.3) is 5.91 Å². The topological polar surface area (TPSA) is 152 Å². The predicted molar refractivity (Wildman–Crippen MR) is 152 cm³/mol. The van der Waals surface area contributed by atoms with E-state index in [9.17, 15) is 18.0 Å². The molecule has 0 bridgehead atoms. The van der Waals surface area contributed by atoms with Gasteiger partial charge in [-0.3, -0.25) is 14.3 Å². The van der Waals surface area contributed by atoms with E-state index < -0.39 is 18.3 Å². The molecule has 1 saturated carbocycles. The van der Waals surface area contributed by atoms with Gasteiger partial charge >= 0.3 is 6.18 Å². The van der Waals surface area contributed by atoms with Crippen molar-refractivity contribution in [2.75, 3.05) is 39.5 Å². The largest absolute Gasteiger partial charge is 0.554 e. The summed E-state index contributed by atoms with van der Waals surface area (Å²) in [5.41, 5.74) is 0.301. The fourth-order valence-electron chi connectivity index (χ4n) is 4.59. The third-order valence-corrected chi connectivity index (χ3v) is 7.10. The molecule has 0 atom stereocenters. The van der Waals surface area contributed by atoms with Gasteiger partial charge in [0.05, 0.1) is 61.9 Å². The Kier molecular flexibility index (Phi) is 9.57. The second-order valence-corrected chi connectivity index (χ2v) is 11.4. The lowest BCUT2D eigenvalue weighted by atomic mass is 9.86. The fourth-order valence-corrected chi connectivity index (χ4v) is 4.85. The minimum absolute atomic E-state index is 0.0903. The Balaban J connectivity index is 0.00000135. The first kappa shape index (κ1) is 31.7. The number of quaternary nitrogens is 1. The van der Waals surface area contributed by atoms with Gasteiger partial charge in [0, 0.05) is 43.2 Å². The van der Waals surface area contributed by atoms with E-state index in [4.69, 9.17) is 21.5 Å². The van der Waals surface area contributed by atoms with Crippen LogP contribution >= 0.6 is 11.6 Å². The summed E-state index contributed by atoms with van der Waals surface area (Å²) in [4.78, 5) is 29.6. The first-order chi connectivity index (χ1) is 20.3. The third-order valence-electron chi connectivity index (χ3n) is 6.79. The van der Waals surface area contributed by atoms with Gasteiger partial charge in [-0.1, -0.05) is 11.6 Å². The Morgan fingerprint density at radius 2 is 1.93 bits per heavy atom. The first-order valence-electron chi connectivity index (χ1n) is 13.2.